The molecule has 1 N–H and O–H groups in total. The molecule has 1 aliphatic rings. The number of anilines is 2. The van der Waals surface area contributed by atoms with Crippen molar-refractivity contribution < 1.29 is 4.79 Å². The fourth-order valence-corrected chi connectivity index (χ4v) is 3.80. The maximum atomic E-state index is 12.6. The van der Waals surface area contributed by atoms with Crippen LogP contribution in [0, 0.1) is 12.8 Å². The van der Waals surface area contributed by atoms with Crippen molar-refractivity contribution >= 4 is 23.6 Å². The van der Waals surface area contributed by atoms with E-state index >= 15 is 0 Å². The van der Waals surface area contributed by atoms with Gasteiger partial charge in [-0.2, -0.15) is 0 Å². The molecule has 7 heteroatoms. The topological polar surface area (TPSA) is 83.9 Å². The number of rotatable bonds is 6. The third-order valence-corrected chi connectivity index (χ3v) is 5.30. The Morgan fingerprint density at radius 3 is 3.00 bits per heavy atom. The lowest BCUT2D eigenvalue weighted by Crippen LogP contribution is -2.39. The number of hydrogen-bond acceptors (Lipinski definition) is 6. The normalized spacial score (nSPS) is 16.4. The van der Waals surface area contributed by atoms with E-state index in [2.05, 4.69) is 25.3 Å². The average molecular weight is 415 g/mol. The van der Waals surface area contributed by atoms with E-state index < -0.39 is 0 Å². The lowest BCUT2D eigenvalue weighted by Gasteiger charge is -2.32. The van der Waals surface area contributed by atoms with Crippen LogP contribution in [0.5, 0.6) is 0 Å². The van der Waals surface area contributed by atoms with Gasteiger partial charge in [0.05, 0.1) is 0 Å². The highest BCUT2D eigenvalue weighted by atomic mass is 16.2. The summed E-state index contributed by atoms with van der Waals surface area (Å²) >= 11 is 0. The van der Waals surface area contributed by atoms with Crippen molar-refractivity contribution in [2.45, 2.75) is 26.2 Å². The van der Waals surface area contributed by atoms with Gasteiger partial charge in [0.15, 0.2) is 0 Å². The number of piperidine rings is 1. The molecule has 1 fully saturated rings. The van der Waals surface area contributed by atoms with Gasteiger partial charge in [0.2, 0.25) is 5.91 Å². The molecule has 0 saturated carbocycles. The lowest BCUT2D eigenvalue weighted by molar-refractivity contribution is -0.127. The van der Waals surface area contributed by atoms with Crippen LogP contribution in [-0.4, -0.2) is 43.8 Å². The van der Waals surface area contributed by atoms with Gasteiger partial charge in [-0.1, -0.05) is 12.1 Å². The molecule has 4 rings (SSSR count). The molecule has 31 heavy (non-hydrogen) atoms. The van der Waals surface area contributed by atoms with Crippen molar-refractivity contribution in [2.24, 2.45) is 5.92 Å². The standard InChI is InChI=1S/C24H26N6O/c1-18-5-2-8-22(28-18)29-23-14-21(26-17-27-23)13-20-7-4-12-30(16-20)24(31)10-9-19-6-3-11-25-15-19/h2-3,5-6,8-11,14-15,17,20H,4,7,12-13,16H2,1H3,(H,26,27,28,29)/b10-9+/t20-/m0/s1. The minimum absolute atomic E-state index is 0.0455. The Hall–Kier alpha value is -3.61. The molecule has 0 bridgehead atoms. The maximum absolute atomic E-state index is 12.6. The first kappa shape index (κ1) is 20.7. The number of amides is 1. The van der Waals surface area contributed by atoms with Gasteiger partial charge in [0, 0.05) is 49.0 Å². The van der Waals surface area contributed by atoms with Crippen molar-refractivity contribution in [3.63, 3.8) is 0 Å². The summed E-state index contributed by atoms with van der Waals surface area (Å²) in [6.07, 6.45) is 11.4. The second-order valence-corrected chi connectivity index (χ2v) is 7.80. The zero-order valence-electron chi connectivity index (χ0n) is 17.6. The first-order valence-electron chi connectivity index (χ1n) is 10.5. The minimum Gasteiger partial charge on any atom is -0.339 e. The summed E-state index contributed by atoms with van der Waals surface area (Å²) in [6, 6.07) is 11.6. The lowest BCUT2D eigenvalue weighted by atomic mass is 9.93. The Bertz CT molecular complexity index is 1050. The van der Waals surface area contributed by atoms with E-state index in [0.717, 1.165) is 60.9 Å². The Kier molecular flexibility index (Phi) is 6.62. The number of nitrogens with one attached hydrogen (secondary N) is 1. The maximum Gasteiger partial charge on any atom is 0.246 e. The van der Waals surface area contributed by atoms with Crippen molar-refractivity contribution in [2.75, 3.05) is 18.4 Å². The molecule has 1 atom stereocenters. The highest BCUT2D eigenvalue weighted by Gasteiger charge is 2.23. The van der Waals surface area contributed by atoms with Gasteiger partial charge in [-0.25, -0.2) is 15.0 Å². The van der Waals surface area contributed by atoms with E-state index in [0.29, 0.717) is 5.92 Å². The average Bonchev–Trinajstić information content (AvgIpc) is 2.79. The molecule has 0 spiro atoms. The summed E-state index contributed by atoms with van der Waals surface area (Å²) < 4.78 is 0. The first-order chi connectivity index (χ1) is 15.2. The number of carbonyl (C=O) groups excluding carboxylic acids is 1. The van der Waals surface area contributed by atoms with Crippen LogP contribution in [0.15, 0.2) is 61.2 Å². The van der Waals surface area contributed by atoms with Crippen LogP contribution in [0.1, 0.15) is 29.8 Å². The molecule has 1 aliphatic heterocycles. The van der Waals surface area contributed by atoms with E-state index in [-0.39, 0.29) is 5.91 Å². The molecular formula is C24H26N6O. The SMILES string of the molecule is Cc1cccc(Nc2cc(C[C@@H]3CCCN(C(=O)/C=C/c4cccnc4)C3)ncn2)n1. The molecule has 4 heterocycles. The third-order valence-electron chi connectivity index (χ3n) is 5.30. The van der Waals surface area contributed by atoms with Crippen LogP contribution in [0.4, 0.5) is 11.6 Å². The molecule has 7 nitrogen and oxygen atoms in total. The van der Waals surface area contributed by atoms with Crippen LogP contribution < -0.4 is 5.32 Å². The fourth-order valence-electron chi connectivity index (χ4n) is 3.80. The smallest absolute Gasteiger partial charge is 0.246 e. The van der Waals surface area contributed by atoms with Gasteiger partial charge < -0.3 is 10.2 Å². The molecule has 1 saturated heterocycles. The van der Waals surface area contributed by atoms with Gasteiger partial charge in [-0.05, 0) is 61.9 Å². The number of pyridine rings is 2. The minimum atomic E-state index is 0.0455. The Balaban J connectivity index is 1.36. The highest BCUT2D eigenvalue weighted by molar-refractivity contribution is 5.91. The largest absolute Gasteiger partial charge is 0.339 e. The number of aryl methyl sites for hydroxylation is 1. The van der Waals surface area contributed by atoms with Gasteiger partial charge in [0.1, 0.15) is 18.0 Å². The van der Waals surface area contributed by atoms with Crippen molar-refractivity contribution in [1.82, 2.24) is 24.8 Å². The van der Waals surface area contributed by atoms with Crippen LogP contribution >= 0.6 is 0 Å². The van der Waals surface area contributed by atoms with E-state index in [1.54, 1.807) is 24.8 Å². The van der Waals surface area contributed by atoms with E-state index in [4.69, 9.17) is 0 Å². The second-order valence-electron chi connectivity index (χ2n) is 7.80. The van der Waals surface area contributed by atoms with Crippen molar-refractivity contribution in [3.05, 3.63) is 78.1 Å². The van der Waals surface area contributed by atoms with E-state index in [1.807, 2.05) is 54.3 Å². The molecule has 0 unspecified atom stereocenters. The summed E-state index contributed by atoms with van der Waals surface area (Å²) in [4.78, 5) is 31.8. The Morgan fingerprint density at radius 2 is 2.16 bits per heavy atom. The summed E-state index contributed by atoms with van der Waals surface area (Å²) in [5.74, 6) is 1.92. The van der Waals surface area contributed by atoms with Crippen molar-refractivity contribution in [3.8, 4) is 0 Å². The number of hydrogen-bond donors (Lipinski definition) is 1. The molecule has 3 aromatic heterocycles. The summed E-state index contributed by atoms with van der Waals surface area (Å²) in [5, 5.41) is 3.24. The Morgan fingerprint density at radius 1 is 1.23 bits per heavy atom. The summed E-state index contributed by atoms with van der Waals surface area (Å²) in [6.45, 7) is 3.49. The summed E-state index contributed by atoms with van der Waals surface area (Å²) in [5.41, 5.74) is 2.84. The molecule has 0 radical (unpaired) electrons. The monoisotopic (exact) mass is 414 g/mol. The second kappa shape index (κ2) is 9.93. The van der Waals surface area contributed by atoms with Gasteiger partial charge in [0.25, 0.3) is 0 Å². The number of carbonyl (C=O) groups is 1. The van der Waals surface area contributed by atoms with Gasteiger partial charge >= 0.3 is 0 Å². The van der Waals surface area contributed by atoms with Crippen molar-refractivity contribution in [1.29, 1.82) is 0 Å². The molecule has 0 aliphatic carbocycles. The van der Waals surface area contributed by atoms with Crippen LogP contribution in [0.25, 0.3) is 6.08 Å². The third kappa shape index (κ3) is 5.94. The van der Waals surface area contributed by atoms with E-state index in [1.165, 1.54) is 0 Å². The number of likely N-dealkylation sites (tertiary alicyclic amines) is 1. The molecule has 3 aromatic rings. The number of aromatic nitrogens is 4. The molecule has 1 amide bonds. The van der Waals surface area contributed by atoms with Crippen LogP contribution in [0.3, 0.4) is 0 Å². The quantitative estimate of drug-likeness (QED) is 0.618. The van der Waals surface area contributed by atoms with Crippen LogP contribution in [-0.2, 0) is 11.2 Å². The van der Waals surface area contributed by atoms with Gasteiger partial charge in [-0.15, -0.1) is 0 Å². The fraction of sp³-hybridized carbons (Fsp3) is 0.292. The molecule has 158 valence electrons. The van der Waals surface area contributed by atoms with E-state index in [9.17, 15) is 4.79 Å². The first-order valence-corrected chi connectivity index (χ1v) is 10.5. The predicted octanol–water partition coefficient (Wildman–Crippen LogP) is 3.81. The van der Waals surface area contributed by atoms with Crippen LogP contribution in [0.2, 0.25) is 0 Å². The van der Waals surface area contributed by atoms with Gasteiger partial charge in [-0.3, -0.25) is 9.78 Å². The number of nitrogens with zero attached hydrogens (tertiary/aromatic N) is 5. The predicted molar refractivity (Wildman–Crippen MR) is 121 cm³/mol. The highest BCUT2D eigenvalue weighted by Crippen LogP contribution is 2.22. The molecular weight excluding hydrogens is 388 g/mol. The zero-order valence-corrected chi connectivity index (χ0v) is 17.6. The molecule has 0 aromatic carbocycles. The zero-order chi connectivity index (χ0) is 21.5. The Labute approximate surface area is 182 Å². The summed E-state index contributed by atoms with van der Waals surface area (Å²) in [7, 11) is 0.